The maximum atomic E-state index is 10.1. The van der Waals surface area contributed by atoms with Crippen molar-refractivity contribution in [1.82, 2.24) is 19.5 Å². The van der Waals surface area contributed by atoms with Crippen molar-refractivity contribution in [2.24, 2.45) is 0 Å². The Kier molecular flexibility index (Phi) is 1.76. The number of aliphatic hydroxyl groups is 2. The lowest BCUT2D eigenvalue weighted by atomic mass is 10.2. The fourth-order valence-electron chi connectivity index (χ4n) is 1.70. The molecular weight excluding hydrogens is 238 g/mol. The maximum Gasteiger partial charge on any atom is 0.167 e. The first-order chi connectivity index (χ1) is 10.2. The Hall–Kier alpha value is -1.77. The summed E-state index contributed by atoms with van der Waals surface area (Å²) in [4.78, 5) is 11.6. The van der Waals surface area contributed by atoms with Gasteiger partial charge in [-0.3, -0.25) is 4.57 Å². The summed E-state index contributed by atoms with van der Waals surface area (Å²) in [6.45, 7) is -1.06. The molecule has 0 spiro atoms. The second-order valence-electron chi connectivity index (χ2n) is 3.63. The third kappa shape index (κ3) is 1.62. The molecule has 0 aromatic carbocycles. The maximum absolute atomic E-state index is 10.1. The Morgan fingerprint density at radius 1 is 1.61 bits per heavy atom. The summed E-state index contributed by atoms with van der Waals surface area (Å²) < 4.78 is 37.7. The number of fused-ring (bicyclic) bond motifs is 1. The zero-order valence-corrected chi connectivity index (χ0v) is 9.11. The van der Waals surface area contributed by atoms with Crippen LogP contribution in [0.2, 0.25) is 0 Å². The SMILES string of the molecule is [2H]C1([2H])[C@H](n2cnc3c(N)ncnc32)O[C@]([2H])(CO)[C@@]1([2H])O. The second-order valence-corrected chi connectivity index (χ2v) is 3.63. The number of aromatic nitrogens is 4. The first kappa shape index (κ1) is 7.62. The molecule has 2 aromatic rings. The van der Waals surface area contributed by atoms with E-state index in [1.807, 2.05) is 0 Å². The van der Waals surface area contributed by atoms with Gasteiger partial charge in [0.1, 0.15) is 24.2 Å². The summed E-state index contributed by atoms with van der Waals surface area (Å²) in [6, 6.07) is 0. The highest BCUT2D eigenvalue weighted by atomic mass is 16.5. The van der Waals surface area contributed by atoms with Crippen LogP contribution in [0.1, 0.15) is 18.1 Å². The topological polar surface area (TPSA) is 119 Å². The number of rotatable bonds is 2. The third-order valence-electron chi connectivity index (χ3n) is 2.56. The van der Waals surface area contributed by atoms with E-state index < -0.39 is 31.4 Å². The molecule has 18 heavy (non-hydrogen) atoms. The fourth-order valence-corrected chi connectivity index (χ4v) is 1.70. The van der Waals surface area contributed by atoms with E-state index in [-0.39, 0.29) is 17.0 Å². The average molecular weight is 255 g/mol. The van der Waals surface area contributed by atoms with Crippen LogP contribution in [0.3, 0.4) is 0 Å². The van der Waals surface area contributed by atoms with Crippen molar-refractivity contribution in [2.75, 3.05) is 12.3 Å². The van der Waals surface area contributed by atoms with Crippen molar-refractivity contribution in [2.45, 2.75) is 24.8 Å². The van der Waals surface area contributed by atoms with E-state index in [1.165, 1.54) is 0 Å². The van der Waals surface area contributed by atoms with Crippen LogP contribution in [-0.2, 0) is 4.74 Å². The van der Waals surface area contributed by atoms with E-state index in [2.05, 4.69) is 15.0 Å². The minimum atomic E-state index is -3.01. The van der Waals surface area contributed by atoms with Crippen LogP contribution in [0, 0.1) is 0 Å². The molecule has 1 saturated heterocycles. The summed E-state index contributed by atoms with van der Waals surface area (Å²) >= 11 is 0. The highest BCUT2D eigenvalue weighted by Gasteiger charge is 2.35. The molecule has 8 nitrogen and oxygen atoms in total. The first-order valence-electron chi connectivity index (χ1n) is 7.10. The summed E-state index contributed by atoms with van der Waals surface area (Å²) in [5.41, 5.74) is 5.96. The minimum Gasteiger partial charge on any atom is -0.394 e. The highest BCUT2D eigenvalue weighted by molar-refractivity contribution is 5.81. The molecular formula is C10H13N5O3. The van der Waals surface area contributed by atoms with Gasteiger partial charge in [0.2, 0.25) is 0 Å². The lowest BCUT2D eigenvalue weighted by Gasteiger charge is -2.13. The molecule has 3 atom stereocenters. The number of aliphatic hydroxyl groups excluding tert-OH is 1. The zero-order chi connectivity index (χ0) is 16.3. The summed E-state index contributed by atoms with van der Waals surface area (Å²) in [5, 5.41) is 19.3. The van der Waals surface area contributed by atoms with Crippen LogP contribution >= 0.6 is 0 Å². The van der Waals surface area contributed by atoms with Crippen LogP contribution in [0.25, 0.3) is 11.2 Å². The molecule has 2 aromatic heterocycles. The molecule has 4 N–H and O–H groups in total. The van der Waals surface area contributed by atoms with Crippen molar-refractivity contribution in [3.8, 4) is 0 Å². The normalized spacial score (nSPS) is 42.2. The van der Waals surface area contributed by atoms with Gasteiger partial charge in [-0.05, 0) is 0 Å². The molecule has 0 aliphatic carbocycles. The van der Waals surface area contributed by atoms with Gasteiger partial charge in [-0.25, -0.2) is 15.0 Å². The number of hydrogen-bond donors (Lipinski definition) is 3. The molecule has 0 bridgehead atoms. The van der Waals surface area contributed by atoms with Crippen LogP contribution in [0.15, 0.2) is 12.7 Å². The van der Waals surface area contributed by atoms with Crippen molar-refractivity contribution < 1.29 is 20.4 Å². The number of nitrogens with two attached hydrogens (primary N) is 1. The van der Waals surface area contributed by atoms with E-state index in [1.54, 1.807) is 0 Å². The molecule has 0 amide bonds. The van der Waals surface area contributed by atoms with E-state index in [0.29, 0.717) is 0 Å². The van der Waals surface area contributed by atoms with Crippen LogP contribution < -0.4 is 5.73 Å². The Balaban J connectivity index is 2.17. The van der Waals surface area contributed by atoms with Gasteiger partial charge in [0.15, 0.2) is 11.5 Å². The van der Waals surface area contributed by atoms with Gasteiger partial charge in [-0.1, -0.05) is 0 Å². The summed E-state index contributed by atoms with van der Waals surface area (Å²) in [5.74, 6) is 0.0720. The van der Waals surface area contributed by atoms with E-state index in [0.717, 1.165) is 17.2 Å². The van der Waals surface area contributed by atoms with Crippen molar-refractivity contribution >= 4 is 17.0 Å². The number of hydrogen-bond acceptors (Lipinski definition) is 7. The molecule has 0 radical (unpaired) electrons. The van der Waals surface area contributed by atoms with Crippen LogP contribution in [-0.4, -0.2) is 48.5 Å². The van der Waals surface area contributed by atoms with Gasteiger partial charge >= 0.3 is 0 Å². The fraction of sp³-hybridized carbons (Fsp3) is 0.500. The molecule has 96 valence electrons. The zero-order valence-electron chi connectivity index (χ0n) is 13.1. The Labute approximate surface area is 108 Å². The number of anilines is 1. The van der Waals surface area contributed by atoms with Crippen LogP contribution in [0.5, 0.6) is 0 Å². The van der Waals surface area contributed by atoms with Gasteiger partial charge in [0.05, 0.1) is 21.8 Å². The molecule has 0 unspecified atom stereocenters. The van der Waals surface area contributed by atoms with Gasteiger partial charge < -0.3 is 20.7 Å². The predicted octanol–water partition coefficient (Wildman–Crippen LogP) is -0.951. The van der Waals surface area contributed by atoms with E-state index in [9.17, 15) is 10.2 Å². The molecule has 1 aliphatic heterocycles. The van der Waals surface area contributed by atoms with Crippen molar-refractivity contribution in [3.05, 3.63) is 12.7 Å². The summed E-state index contributed by atoms with van der Waals surface area (Å²) in [7, 11) is 0. The van der Waals surface area contributed by atoms with Crippen LogP contribution in [0.4, 0.5) is 5.82 Å². The standard InChI is InChI=1S/C10H13N5O3/c11-9-8-10(13-3-12-9)15(4-14-8)7-1-5(17)6(2-16)18-7/h3-7,16-17H,1-2H2,(H2,11,12,13)/t5-,6+,7+/m0/s1/i1D2,5D,6D. The number of imidazole rings is 1. The van der Waals surface area contributed by atoms with Gasteiger partial charge in [0.25, 0.3) is 0 Å². The number of nitrogens with zero attached hydrogens (tertiary/aromatic N) is 4. The molecule has 1 aliphatic rings. The quantitative estimate of drug-likeness (QED) is 0.632. The number of ether oxygens (including phenoxy) is 1. The monoisotopic (exact) mass is 255 g/mol. The number of nitrogen functional groups attached to an aromatic ring is 1. The lowest BCUT2D eigenvalue weighted by Crippen LogP contribution is -2.24. The van der Waals surface area contributed by atoms with Crippen molar-refractivity contribution in [3.63, 3.8) is 0 Å². The third-order valence-corrected chi connectivity index (χ3v) is 2.56. The molecule has 0 saturated carbocycles. The van der Waals surface area contributed by atoms with Gasteiger partial charge in [-0.15, -0.1) is 0 Å². The average Bonchev–Trinajstić information content (AvgIpc) is 2.93. The molecule has 8 heteroatoms. The second kappa shape index (κ2) is 4.16. The Morgan fingerprint density at radius 2 is 2.44 bits per heavy atom. The lowest BCUT2D eigenvalue weighted by molar-refractivity contribution is -0.0432. The van der Waals surface area contributed by atoms with E-state index in [4.69, 9.17) is 16.0 Å². The Morgan fingerprint density at radius 3 is 3.17 bits per heavy atom. The van der Waals surface area contributed by atoms with Crippen molar-refractivity contribution in [1.29, 1.82) is 0 Å². The molecule has 1 fully saturated rings. The Bertz CT molecular complexity index is 738. The smallest absolute Gasteiger partial charge is 0.167 e. The minimum absolute atomic E-state index is 0.0720. The molecule has 3 heterocycles. The van der Waals surface area contributed by atoms with Gasteiger partial charge in [0, 0.05) is 9.11 Å². The summed E-state index contributed by atoms with van der Waals surface area (Å²) in [6.07, 6.45) is -7.57. The predicted molar refractivity (Wildman–Crippen MR) is 61.4 cm³/mol. The largest absolute Gasteiger partial charge is 0.394 e. The van der Waals surface area contributed by atoms with E-state index >= 15 is 0 Å². The molecule has 3 rings (SSSR count). The highest BCUT2D eigenvalue weighted by Crippen LogP contribution is 2.30. The van der Waals surface area contributed by atoms with Gasteiger partial charge in [-0.2, -0.15) is 0 Å². The first-order valence-corrected chi connectivity index (χ1v) is 5.10.